The Bertz CT molecular complexity index is 1110. The zero-order valence-electron chi connectivity index (χ0n) is 16.7. The molecule has 0 radical (unpaired) electrons. The minimum absolute atomic E-state index is 0.267. The number of nitrogens with zero attached hydrogens (tertiary/aromatic N) is 2. The highest BCUT2D eigenvalue weighted by Gasteiger charge is 2.36. The average Bonchev–Trinajstić information content (AvgIpc) is 3.17. The molecule has 0 aliphatic carbocycles. The maximum Gasteiger partial charge on any atom is 0.298 e. The second-order valence-corrected chi connectivity index (χ2v) is 8.03. The van der Waals surface area contributed by atoms with E-state index in [-0.39, 0.29) is 11.1 Å². The SMILES string of the molecule is CCc1ccc(-n2c(C)cc(C=C3SC(=O)N(c4ccccc4)C3=O)c2C)cc1. The predicted octanol–water partition coefficient (Wildman–Crippen LogP) is 5.90. The lowest BCUT2D eigenvalue weighted by Gasteiger charge is -2.11. The minimum Gasteiger partial charge on any atom is -0.318 e. The highest BCUT2D eigenvalue weighted by molar-refractivity contribution is 8.19. The first kappa shape index (κ1) is 19.3. The van der Waals surface area contributed by atoms with E-state index in [9.17, 15) is 9.59 Å². The van der Waals surface area contributed by atoms with Crippen molar-refractivity contribution in [1.29, 1.82) is 0 Å². The number of aryl methyl sites for hydroxylation is 2. The van der Waals surface area contributed by atoms with E-state index in [0.29, 0.717) is 10.6 Å². The third-order valence-corrected chi connectivity index (χ3v) is 6.04. The first-order valence-electron chi connectivity index (χ1n) is 9.61. The number of anilines is 1. The minimum atomic E-state index is -0.275. The summed E-state index contributed by atoms with van der Waals surface area (Å²) >= 11 is 0.985. The third-order valence-electron chi connectivity index (χ3n) is 5.17. The fraction of sp³-hybridized carbons (Fsp3) is 0.167. The molecule has 0 atom stereocenters. The molecule has 1 aromatic heterocycles. The molecular formula is C24H22N2O2S. The first-order chi connectivity index (χ1) is 14.0. The smallest absolute Gasteiger partial charge is 0.298 e. The fourth-order valence-corrected chi connectivity index (χ4v) is 4.45. The summed E-state index contributed by atoms with van der Waals surface area (Å²) in [4.78, 5) is 27.0. The van der Waals surface area contributed by atoms with E-state index < -0.39 is 0 Å². The number of carbonyl (C=O) groups is 2. The number of amides is 2. The van der Waals surface area contributed by atoms with Gasteiger partial charge in [-0.3, -0.25) is 9.59 Å². The molecule has 1 saturated heterocycles. The summed E-state index contributed by atoms with van der Waals surface area (Å²) in [6.07, 6.45) is 2.83. The predicted molar refractivity (Wildman–Crippen MR) is 120 cm³/mol. The largest absolute Gasteiger partial charge is 0.318 e. The second-order valence-electron chi connectivity index (χ2n) is 7.03. The van der Waals surface area contributed by atoms with Crippen LogP contribution in [0, 0.1) is 13.8 Å². The van der Waals surface area contributed by atoms with Crippen LogP contribution in [0.25, 0.3) is 11.8 Å². The van der Waals surface area contributed by atoms with Crippen LogP contribution in [0.2, 0.25) is 0 Å². The number of aromatic nitrogens is 1. The number of hydrogen-bond acceptors (Lipinski definition) is 3. The van der Waals surface area contributed by atoms with E-state index in [0.717, 1.165) is 40.8 Å². The molecule has 29 heavy (non-hydrogen) atoms. The van der Waals surface area contributed by atoms with Gasteiger partial charge in [-0.1, -0.05) is 37.3 Å². The molecule has 4 nitrogen and oxygen atoms in total. The monoisotopic (exact) mass is 402 g/mol. The van der Waals surface area contributed by atoms with Gasteiger partial charge in [-0.25, -0.2) is 4.90 Å². The van der Waals surface area contributed by atoms with Crippen LogP contribution >= 0.6 is 11.8 Å². The summed E-state index contributed by atoms with van der Waals surface area (Å²) in [7, 11) is 0. The Balaban J connectivity index is 1.68. The van der Waals surface area contributed by atoms with Gasteiger partial charge in [-0.15, -0.1) is 0 Å². The van der Waals surface area contributed by atoms with Crippen molar-refractivity contribution in [3.8, 4) is 5.69 Å². The van der Waals surface area contributed by atoms with E-state index in [2.05, 4.69) is 41.8 Å². The molecule has 2 heterocycles. The van der Waals surface area contributed by atoms with Crippen molar-refractivity contribution in [2.24, 2.45) is 0 Å². The molecule has 0 unspecified atom stereocenters. The summed E-state index contributed by atoms with van der Waals surface area (Å²) in [5.41, 5.74) is 6.05. The quantitative estimate of drug-likeness (QED) is 0.511. The summed E-state index contributed by atoms with van der Waals surface area (Å²) in [6.45, 7) is 6.23. The fourth-order valence-electron chi connectivity index (χ4n) is 3.62. The summed E-state index contributed by atoms with van der Waals surface area (Å²) in [6, 6.07) is 19.6. The number of imide groups is 1. The van der Waals surface area contributed by atoms with Crippen molar-refractivity contribution < 1.29 is 9.59 Å². The highest BCUT2D eigenvalue weighted by Crippen LogP contribution is 2.36. The van der Waals surface area contributed by atoms with Gasteiger partial charge in [-0.2, -0.15) is 0 Å². The molecule has 1 aliphatic rings. The Kier molecular flexibility index (Phi) is 5.16. The Labute approximate surface area is 174 Å². The van der Waals surface area contributed by atoms with Crippen LogP contribution in [0.5, 0.6) is 0 Å². The Hall–Kier alpha value is -3.05. The number of hydrogen-bond donors (Lipinski definition) is 0. The molecule has 5 heteroatoms. The van der Waals surface area contributed by atoms with Crippen LogP contribution in [-0.4, -0.2) is 15.7 Å². The molecule has 0 saturated carbocycles. The lowest BCUT2D eigenvalue weighted by atomic mass is 10.1. The normalized spacial score (nSPS) is 15.6. The van der Waals surface area contributed by atoms with E-state index in [1.54, 1.807) is 12.1 Å². The molecule has 0 bridgehead atoms. The second kappa shape index (κ2) is 7.76. The van der Waals surface area contributed by atoms with Gasteiger partial charge >= 0.3 is 0 Å². The van der Waals surface area contributed by atoms with Gasteiger partial charge in [0.25, 0.3) is 11.1 Å². The maximum absolute atomic E-state index is 12.9. The van der Waals surface area contributed by atoms with Crippen LogP contribution < -0.4 is 4.90 Å². The van der Waals surface area contributed by atoms with Crippen LogP contribution in [0.15, 0.2) is 65.6 Å². The number of para-hydroxylation sites is 1. The van der Waals surface area contributed by atoms with Crippen LogP contribution in [0.4, 0.5) is 10.5 Å². The first-order valence-corrected chi connectivity index (χ1v) is 10.4. The molecule has 3 aromatic rings. The third kappa shape index (κ3) is 3.54. The van der Waals surface area contributed by atoms with Crippen LogP contribution in [0.3, 0.4) is 0 Å². The lowest BCUT2D eigenvalue weighted by Crippen LogP contribution is -2.27. The standard InChI is InChI=1S/C24H22N2O2S/c1-4-18-10-12-21(13-11-18)25-16(2)14-19(17(25)3)15-22-23(27)26(24(28)29-22)20-8-6-5-7-9-20/h5-15H,4H2,1-3H3. The summed E-state index contributed by atoms with van der Waals surface area (Å²) in [5, 5.41) is -0.267. The lowest BCUT2D eigenvalue weighted by molar-refractivity contribution is -0.113. The van der Waals surface area contributed by atoms with E-state index in [1.165, 1.54) is 10.5 Å². The van der Waals surface area contributed by atoms with Gasteiger partial charge < -0.3 is 4.57 Å². The van der Waals surface area contributed by atoms with Crippen molar-refractivity contribution >= 4 is 34.7 Å². The molecule has 2 aromatic carbocycles. The molecular weight excluding hydrogens is 380 g/mol. The van der Waals surface area contributed by atoms with Gasteiger partial charge in [-0.05, 0) is 79.6 Å². The number of thioether (sulfide) groups is 1. The van der Waals surface area contributed by atoms with Gasteiger partial charge in [0.15, 0.2) is 0 Å². The molecule has 1 aliphatic heterocycles. The van der Waals surface area contributed by atoms with E-state index in [4.69, 9.17) is 0 Å². The molecule has 4 rings (SSSR count). The summed E-state index contributed by atoms with van der Waals surface area (Å²) in [5.74, 6) is -0.275. The number of carbonyl (C=O) groups excluding carboxylic acids is 2. The highest BCUT2D eigenvalue weighted by atomic mass is 32.2. The number of rotatable bonds is 4. The maximum atomic E-state index is 12.9. The van der Waals surface area contributed by atoms with Crippen LogP contribution in [0.1, 0.15) is 29.4 Å². The van der Waals surface area contributed by atoms with Crippen molar-refractivity contribution in [1.82, 2.24) is 4.57 Å². The van der Waals surface area contributed by atoms with Gasteiger partial charge in [0.1, 0.15) is 0 Å². The zero-order valence-corrected chi connectivity index (χ0v) is 17.5. The van der Waals surface area contributed by atoms with Gasteiger partial charge in [0.2, 0.25) is 0 Å². The van der Waals surface area contributed by atoms with Crippen molar-refractivity contribution in [2.75, 3.05) is 4.90 Å². The molecule has 1 fully saturated rings. The van der Waals surface area contributed by atoms with Crippen LogP contribution in [-0.2, 0) is 11.2 Å². The van der Waals surface area contributed by atoms with Crippen molar-refractivity contribution in [3.63, 3.8) is 0 Å². The molecule has 2 amide bonds. The Morgan fingerprint density at radius 2 is 1.62 bits per heavy atom. The Morgan fingerprint density at radius 3 is 2.28 bits per heavy atom. The molecule has 146 valence electrons. The van der Waals surface area contributed by atoms with Gasteiger partial charge in [0.05, 0.1) is 10.6 Å². The average molecular weight is 403 g/mol. The Morgan fingerprint density at radius 1 is 0.931 bits per heavy atom. The molecule has 0 spiro atoms. The zero-order chi connectivity index (χ0) is 20.5. The van der Waals surface area contributed by atoms with Crippen molar-refractivity contribution in [2.45, 2.75) is 27.2 Å². The van der Waals surface area contributed by atoms with Gasteiger partial charge in [0, 0.05) is 17.1 Å². The summed E-state index contributed by atoms with van der Waals surface area (Å²) < 4.78 is 2.17. The van der Waals surface area contributed by atoms with E-state index >= 15 is 0 Å². The van der Waals surface area contributed by atoms with E-state index in [1.807, 2.05) is 38.1 Å². The molecule has 0 N–H and O–H groups in total. The number of benzene rings is 2. The topological polar surface area (TPSA) is 42.3 Å². The van der Waals surface area contributed by atoms with Crippen molar-refractivity contribution in [3.05, 3.63) is 88.1 Å².